The Morgan fingerprint density at radius 1 is 0.800 bits per heavy atom. The Balaban J connectivity index is 1.50. The average molecular weight is 348 g/mol. The van der Waals surface area contributed by atoms with Crippen LogP contribution in [0.4, 0.5) is 0 Å². The summed E-state index contributed by atoms with van der Waals surface area (Å²) >= 11 is 0. The van der Waals surface area contributed by atoms with Crippen molar-refractivity contribution in [2.45, 2.75) is 104 Å². The first-order valence-corrected chi connectivity index (χ1v) is 10.1. The lowest BCUT2D eigenvalue weighted by Gasteiger charge is -2.49. The number of hydrogen-bond donors (Lipinski definition) is 0. The van der Waals surface area contributed by atoms with Crippen LogP contribution in [0, 0.1) is 16.7 Å². The zero-order chi connectivity index (χ0) is 18.3. The van der Waals surface area contributed by atoms with Gasteiger partial charge >= 0.3 is 14.0 Å². The van der Waals surface area contributed by atoms with Crippen molar-refractivity contribution >= 4 is 14.0 Å². The van der Waals surface area contributed by atoms with Gasteiger partial charge in [-0.05, 0) is 62.7 Å². The molecular weight excluding hydrogens is 314 g/mol. The number of rotatable bonds is 1. The maximum Gasteiger partial charge on any atom is 0.488 e. The van der Waals surface area contributed by atoms with Gasteiger partial charge in [0.1, 0.15) is 0 Å². The van der Waals surface area contributed by atoms with E-state index in [-0.39, 0.29) is 28.8 Å². The second-order valence-electron chi connectivity index (χ2n) is 10.8. The molecule has 0 spiro atoms. The van der Waals surface area contributed by atoms with Gasteiger partial charge in [0, 0.05) is 0 Å². The van der Waals surface area contributed by atoms with E-state index in [9.17, 15) is 0 Å². The monoisotopic (exact) mass is 348 g/mol. The molecule has 2 saturated heterocycles. The molecule has 4 nitrogen and oxygen atoms in total. The number of hydrogen-bond acceptors (Lipinski definition) is 4. The van der Waals surface area contributed by atoms with Crippen molar-refractivity contribution in [1.29, 1.82) is 0 Å². The second-order valence-corrected chi connectivity index (χ2v) is 10.8. The summed E-state index contributed by atoms with van der Waals surface area (Å²) in [6.45, 7) is 16.1. The maximum absolute atomic E-state index is 6.52. The first-order valence-electron chi connectivity index (χ1n) is 10.1. The minimum Gasteiger partial charge on any atom is -0.407 e. The molecule has 0 aromatic rings. The molecule has 6 heteroatoms. The third-order valence-corrected chi connectivity index (χ3v) is 7.89. The summed E-state index contributed by atoms with van der Waals surface area (Å²) in [7, 11) is -0.807. The van der Waals surface area contributed by atoms with Crippen LogP contribution in [0.25, 0.3) is 0 Å². The van der Waals surface area contributed by atoms with Gasteiger partial charge in [-0.2, -0.15) is 0 Å². The molecule has 0 aromatic heterocycles. The summed E-state index contributed by atoms with van der Waals surface area (Å²) in [6, 6.07) is 0. The highest BCUT2D eigenvalue weighted by atomic mass is 16.7. The van der Waals surface area contributed by atoms with E-state index in [1.54, 1.807) is 0 Å². The first kappa shape index (κ1) is 18.3. The van der Waals surface area contributed by atoms with E-state index >= 15 is 0 Å². The Labute approximate surface area is 154 Å². The van der Waals surface area contributed by atoms with Crippen LogP contribution in [0.1, 0.15) is 80.6 Å². The Morgan fingerprint density at radius 2 is 1.40 bits per heavy atom. The Morgan fingerprint density at radius 3 is 2.12 bits per heavy atom. The molecule has 2 saturated carbocycles. The molecule has 0 radical (unpaired) electrons. The third kappa shape index (κ3) is 2.83. The van der Waals surface area contributed by atoms with Crippen molar-refractivity contribution in [1.82, 2.24) is 0 Å². The fraction of sp³-hybridized carbons (Fsp3) is 1.00. The maximum atomic E-state index is 6.52. The lowest BCUT2D eigenvalue weighted by Crippen LogP contribution is -2.53. The predicted molar refractivity (Wildman–Crippen MR) is 100 cm³/mol. The van der Waals surface area contributed by atoms with Gasteiger partial charge in [0.05, 0.1) is 23.4 Å². The molecule has 2 aliphatic heterocycles. The molecule has 2 aliphatic carbocycles. The summed E-state index contributed by atoms with van der Waals surface area (Å²) in [5, 5.41) is 0. The normalized spacial score (nSPS) is 48.4. The lowest BCUT2D eigenvalue weighted by molar-refractivity contribution is -0.0835. The highest BCUT2D eigenvalue weighted by Gasteiger charge is 2.65. The van der Waals surface area contributed by atoms with Crippen molar-refractivity contribution < 1.29 is 18.6 Å². The van der Waals surface area contributed by atoms with E-state index in [0.29, 0.717) is 11.3 Å². The SMILES string of the molecule is CC1C(C)(C)CCC2OB(B3OC4CCC(C)(C)CC4(C)O3)OC21C. The third-order valence-electron chi connectivity index (χ3n) is 7.89. The standard InChI is InChI=1S/C19H34B2O4/c1-13-17(4,5)11-9-15-19(13,7)25-21(23-15)20-22-14-8-10-16(2,3)12-18(14,6)24-20/h13-15H,8-12H2,1-7H3. The summed E-state index contributed by atoms with van der Waals surface area (Å²) in [5.74, 6) is 0.432. The van der Waals surface area contributed by atoms with E-state index in [0.717, 1.165) is 19.3 Å². The van der Waals surface area contributed by atoms with Crippen LogP contribution in [0.15, 0.2) is 0 Å². The van der Waals surface area contributed by atoms with Crippen LogP contribution >= 0.6 is 0 Å². The van der Waals surface area contributed by atoms with Crippen LogP contribution in [-0.4, -0.2) is 37.4 Å². The van der Waals surface area contributed by atoms with Crippen molar-refractivity contribution in [2.75, 3.05) is 0 Å². The van der Waals surface area contributed by atoms with Gasteiger partial charge in [0.25, 0.3) is 0 Å². The molecular formula is C19H34B2O4. The Bertz CT molecular complexity index is 554. The van der Waals surface area contributed by atoms with Crippen LogP contribution in [-0.2, 0) is 18.6 Å². The van der Waals surface area contributed by atoms with Gasteiger partial charge < -0.3 is 18.6 Å². The van der Waals surface area contributed by atoms with Gasteiger partial charge in [0.15, 0.2) is 0 Å². The summed E-state index contributed by atoms with van der Waals surface area (Å²) in [6.07, 6.45) is 5.77. The van der Waals surface area contributed by atoms with Crippen LogP contribution in [0.2, 0.25) is 0 Å². The van der Waals surface area contributed by atoms with E-state index in [1.807, 2.05) is 0 Å². The van der Waals surface area contributed by atoms with Gasteiger partial charge in [-0.15, -0.1) is 0 Å². The highest BCUT2D eigenvalue weighted by Crippen LogP contribution is 2.53. The van der Waals surface area contributed by atoms with E-state index in [4.69, 9.17) is 18.6 Å². The minimum atomic E-state index is -0.406. The van der Waals surface area contributed by atoms with E-state index in [1.165, 1.54) is 12.8 Å². The molecule has 140 valence electrons. The molecule has 25 heavy (non-hydrogen) atoms. The summed E-state index contributed by atoms with van der Waals surface area (Å²) < 4.78 is 25.6. The van der Waals surface area contributed by atoms with Crippen molar-refractivity contribution in [3.8, 4) is 0 Å². The quantitative estimate of drug-likeness (QED) is 0.670. The minimum absolute atomic E-state index is 0.139. The van der Waals surface area contributed by atoms with E-state index in [2.05, 4.69) is 48.5 Å². The molecule has 5 unspecified atom stereocenters. The lowest BCUT2D eigenvalue weighted by atomic mass is 9.49. The molecule has 0 bridgehead atoms. The van der Waals surface area contributed by atoms with Gasteiger partial charge in [0.2, 0.25) is 0 Å². The van der Waals surface area contributed by atoms with Gasteiger partial charge in [-0.3, -0.25) is 0 Å². The fourth-order valence-corrected chi connectivity index (χ4v) is 5.89. The molecule has 2 heterocycles. The molecule has 5 atom stereocenters. The Kier molecular flexibility index (Phi) is 4.03. The molecule has 0 aromatic carbocycles. The molecule has 4 aliphatic rings. The summed E-state index contributed by atoms with van der Waals surface area (Å²) in [5.41, 5.74) is 0.0933. The largest absolute Gasteiger partial charge is 0.488 e. The van der Waals surface area contributed by atoms with Crippen LogP contribution < -0.4 is 0 Å². The van der Waals surface area contributed by atoms with E-state index < -0.39 is 14.0 Å². The topological polar surface area (TPSA) is 36.9 Å². The molecule has 0 N–H and O–H groups in total. The predicted octanol–water partition coefficient (Wildman–Crippen LogP) is 4.06. The van der Waals surface area contributed by atoms with Crippen molar-refractivity contribution in [2.24, 2.45) is 16.7 Å². The second kappa shape index (κ2) is 5.50. The van der Waals surface area contributed by atoms with Crippen LogP contribution in [0.5, 0.6) is 0 Å². The van der Waals surface area contributed by atoms with Crippen molar-refractivity contribution in [3.63, 3.8) is 0 Å². The molecule has 4 rings (SSSR count). The average Bonchev–Trinajstić information content (AvgIpc) is 3.00. The number of fused-ring (bicyclic) bond motifs is 2. The molecule has 4 fully saturated rings. The van der Waals surface area contributed by atoms with Crippen LogP contribution in [0.3, 0.4) is 0 Å². The highest BCUT2D eigenvalue weighted by molar-refractivity contribution is 7.11. The smallest absolute Gasteiger partial charge is 0.407 e. The zero-order valence-electron chi connectivity index (χ0n) is 17.1. The zero-order valence-corrected chi connectivity index (χ0v) is 17.1. The van der Waals surface area contributed by atoms with Gasteiger partial charge in [-0.25, -0.2) is 0 Å². The van der Waals surface area contributed by atoms with Crippen molar-refractivity contribution in [3.05, 3.63) is 0 Å². The first-order chi connectivity index (χ1) is 11.5. The van der Waals surface area contributed by atoms with Gasteiger partial charge in [-0.1, -0.05) is 34.6 Å². The summed E-state index contributed by atoms with van der Waals surface area (Å²) in [4.78, 5) is 0. The fourth-order valence-electron chi connectivity index (χ4n) is 5.89. The Hall–Kier alpha value is -0.0301. The molecule has 0 amide bonds.